The topological polar surface area (TPSA) is 69.6 Å². The Morgan fingerprint density at radius 3 is 2.75 bits per heavy atom. The van der Waals surface area contributed by atoms with Gasteiger partial charge in [-0.2, -0.15) is 0 Å². The Morgan fingerprint density at radius 1 is 1.58 bits per heavy atom. The van der Waals surface area contributed by atoms with Gasteiger partial charge in [-0.3, -0.25) is 4.79 Å². The molecule has 0 bridgehead atoms. The normalized spacial score (nSPS) is 12.6. The van der Waals surface area contributed by atoms with Gasteiger partial charge in [0.2, 0.25) is 5.91 Å². The van der Waals surface area contributed by atoms with Crippen LogP contribution in [0.15, 0.2) is 0 Å². The van der Waals surface area contributed by atoms with Crippen molar-refractivity contribution < 1.29 is 15.0 Å². The van der Waals surface area contributed by atoms with Gasteiger partial charge in [0.15, 0.2) is 0 Å². The zero-order chi connectivity index (χ0) is 9.40. The van der Waals surface area contributed by atoms with Crippen LogP contribution in [0.5, 0.6) is 0 Å². The monoisotopic (exact) mass is 175 g/mol. The maximum Gasteiger partial charge on any atom is 0.221 e. The van der Waals surface area contributed by atoms with E-state index in [2.05, 4.69) is 5.32 Å². The first kappa shape index (κ1) is 11.4. The summed E-state index contributed by atoms with van der Waals surface area (Å²) in [5.41, 5.74) is 0. The van der Waals surface area contributed by atoms with Gasteiger partial charge in [0.05, 0.1) is 0 Å². The van der Waals surface area contributed by atoms with Gasteiger partial charge in [-0.25, -0.2) is 0 Å². The summed E-state index contributed by atoms with van der Waals surface area (Å²) in [7, 11) is 0. The van der Waals surface area contributed by atoms with Crippen LogP contribution in [-0.2, 0) is 4.79 Å². The van der Waals surface area contributed by atoms with Gasteiger partial charge in [-0.05, 0) is 6.42 Å². The van der Waals surface area contributed by atoms with Gasteiger partial charge in [0.25, 0.3) is 0 Å². The summed E-state index contributed by atoms with van der Waals surface area (Å²) in [6, 6.07) is 0. The molecule has 0 aromatic carbocycles. The van der Waals surface area contributed by atoms with Crippen molar-refractivity contribution in [2.75, 3.05) is 6.61 Å². The molecule has 4 nitrogen and oxygen atoms in total. The molecular weight excluding hydrogens is 158 g/mol. The van der Waals surface area contributed by atoms with Crippen LogP contribution in [0.1, 0.15) is 32.6 Å². The molecule has 0 saturated carbocycles. The molecule has 0 aliphatic rings. The average molecular weight is 175 g/mol. The van der Waals surface area contributed by atoms with Crippen molar-refractivity contribution in [1.29, 1.82) is 0 Å². The number of carbonyl (C=O) groups excluding carboxylic acids is 1. The van der Waals surface area contributed by atoms with Crippen LogP contribution in [0.25, 0.3) is 0 Å². The molecule has 4 heteroatoms. The third-order valence-corrected chi connectivity index (χ3v) is 1.49. The maximum atomic E-state index is 10.9. The third kappa shape index (κ3) is 6.12. The van der Waals surface area contributed by atoms with Crippen molar-refractivity contribution in [3.8, 4) is 0 Å². The van der Waals surface area contributed by atoms with Gasteiger partial charge >= 0.3 is 0 Å². The highest BCUT2D eigenvalue weighted by Crippen LogP contribution is 1.94. The Hall–Kier alpha value is -0.610. The van der Waals surface area contributed by atoms with Crippen LogP contribution in [0.3, 0.4) is 0 Å². The Bertz CT molecular complexity index is 127. The van der Waals surface area contributed by atoms with Gasteiger partial charge in [0, 0.05) is 19.4 Å². The van der Waals surface area contributed by atoms with Crippen molar-refractivity contribution in [2.45, 2.75) is 38.8 Å². The molecule has 0 fully saturated rings. The Kier molecular flexibility index (Phi) is 6.70. The molecule has 0 saturated heterocycles. The molecule has 0 radical (unpaired) electrons. The lowest BCUT2D eigenvalue weighted by Crippen LogP contribution is -2.34. The number of aliphatic hydroxyl groups excluding tert-OH is 2. The maximum absolute atomic E-state index is 10.9. The number of amides is 1. The smallest absolute Gasteiger partial charge is 0.221 e. The third-order valence-electron chi connectivity index (χ3n) is 1.49. The van der Waals surface area contributed by atoms with E-state index >= 15 is 0 Å². The lowest BCUT2D eigenvalue weighted by atomic mass is 10.2. The molecule has 1 unspecified atom stereocenters. The van der Waals surface area contributed by atoms with E-state index < -0.39 is 6.23 Å². The quantitative estimate of drug-likeness (QED) is 0.497. The van der Waals surface area contributed by atoms with E-state index in [1.54, 1.807) is 0 Å². The van der Waals surface area contributed by atoms with E-state index in [9.17, 15) is 4.79 Å². The number of carbonyl (C=O) groups is 1. The number of hydrogen-bond acceptors (Lipinski definition) is 3. The molecule has 0 rings (SSSR count). The van der Waals surface area contributed by atoms with E-state index in [4.69, 9.17) is 10.2 Å². The van der Waals surface area contributed by atoms with Crippen LogP contribution in [0.2, 0.25) is 0 Å². The van der Waals surface area contributed by atoms with Crippen LogP contribution < -0.4 is 5.32 Å². The first-order chi connectivity index (χ1) is 5.70. The van der Waals surface area contributed by atoms with Crippen LogP contribution in [0, 0.1) is 0 Å². The molecule has 1 atom stereocenters. The SMILES string of the molecule is CCCCC(=O)NC(O)CCO. The second-order valence-corrected chi connectivity index (χ2v) is 2.70. The summed E-state index contributed by atoms with van der Waals surface area (Å²) in [6.07, 6.45) is 1.53. The second kappa shape index (κ2) is 7.06. The van der Waals surface area contributed by atoms with Crippen molar-refractivity contribution in [3.05, 3.63) is 0 Å². The molecule has 0 aliphatic carbocycles. The Morgan fingerprint density at radius 2 is 2.25 bits per heavy atom. The highest BCUT2D eigenvalue weighted by molar-refractivity contribution is 5.75. The van der Waals surface area contributed by atoms with Gasteiger partial charge < -0.3 is 15.5 Å². The van der Waals surface area contributed by atoms with Crippen molar-refractivity contribution >= 4 is 5.91 Å². The molecule has 0 aromatic rings. The predicted molar refractivity (Wildman–Crippen MR) is 45.4 cm³/mol. The molecular formula is C8H17NO3. The van der Waals surface area contributed by atoms with Gasteiger partial charge in [-0.15, -0.1) is 0 Å². The lowest BCUT2D eigenvalue weighted by molar-refractivity contribution is -0.124. The standard InChI is InChI=1S/C8H17NO3/c1-2-3-4-7(11)9-8(12)5-6-10/h8,10,12H,2-6H2,1H3,(H,9,11). The zero-order valence-electron chi connectivity index (χ0n) is 7.42. The van der Waals surface area contributed by atoms with Gasteiger partial charge in [0.1, 0.15) is 6.23 Å². The number of rotatable bonds is 6. The number of hydrogen-bond donors (Lipinski definition) is 3. The van der Waals surface area contributed by atoms with Gasteiger partial charge in [-0.1, -0.05) is 13.3 Å². The van der Waals surface area contributed by atoms with Crippen molar-refractivity contribution in [1.82, 2.24) is 5.32 Å². The van der Waals surface area contributed by atoms with Crippen LogP contribution in [-0.4, -0.2) is 29.0 Å². The van der Waals surface area contributed by atoms with E-state index in [-0.39, 0.29) is 18.9 Å². The molecule has 0 aromatic heterocycles. The first-order valence-electron chi connectivity index (χ1n) is 4.29. The lowest BCUT2D eigenvalue weighted by Gasteiger charge is -2.10. The Balaban J connectivity index is 3.40. The number of nitrogens with one attached hydrogen (secondary N) is 1. The number of aliphatic hydroxyl groups is 2. The summed E-state index contributed by atoms with van der Waals surface area (Å²) in [6.45, 7) is 1.88. The highest BCUT2D eigenvalue weighted by Gasteiger charge is 2.06. The zero-order valence-corrected chi connectivity index (χ0v) is 7.42. The minimum Gasteiger partial charge on any atom is -0.396 e. The number of unbranched alkanes of at least 4 members (excludes halogenated alkanes) is 1. The first-order valence-corrected chi connectivity index (χ1v) is 4.29. The minimum absolute atomic E-state index is 0.116. The summed E-state index contributed by atoms with van der Waals surface area (Å²) in [4.78, 5) is 10.9. The fourth-order valence-corrected chi connectivity index (χ4v) is 0.790. The molecule has 72 valence electrons. The molecule has 0 spiro atoms. The summed E-state index contributed by atoms with van der Waals surface area (Å²) < 4.78 is 0. The minimum atomic E-state index is -0.903. The highest BCUT2D eigenvalue weighted by atomic mass is 16.3. The second-order valence-electron chi connectivity index (χ2n) is 2.70. The van der Waals surface area contributed by atoms with Crippen LogP contribution >= 0.6 is 0 Å². The van der Waals surface area contributed by atoms with E-state index in [0.29, 0.717) is 6.42 Å². The molecule has 12 heavy (non-hydrogen) atoms. The fourth-order valence-electron chi connectivity index (χ4n) is 0.790. The molecule has 1 amide bonds. The molecule has 3 N–H and O–H groups in total. The van der Waals surface area contributed by atoms with E-state index in [0.717, 1.165) is 12.8 Å². The van der Waals surface area contributed by atoms with E-state index in [1.807, 2.05) is 6.92 Å². The predicted octanol–water partition coefficient (Wildman–Crippen LogP) is -0.00640. The summed E-state index contributed by atoms with van der Waals surface area (Å²) in [5, 5.41) is 19.8. The Labute approximate surface area is 72.6 Å². The largest absolute Gasteiger partial charge is 0.396 e. The fraction of sp³-hybridized carbons (Fsp3) is 0.875. The van der Waals surface area contributed by atoms with Crippen molar-refractivity contribution in [2.24, 2.45) is 0 Å². The van der Waals surface area contributed by atoms with Crippen LogP contribution in [0.4, 0.5) is 0 Å². The molecule has 0 heterocycles. The summed E-state index contributed by atoms with van der Waals surface area (Å²) >= 11 is 0. The average Bonchev–Trinajstić information content (AvgIpc) is 2.01. The summed E-state index contributed by atoms with van der Waals surface area (Å²) in [5.74, 6) is -0.155. The van der Waals surface area contributed by atoms with E-state index in [1.165, 1.54) is 0 Å². The van der Waals surface area contributed by atoms with Crippen molar-refractivity contribution in [3.63, 3.8) is 0 Å². The molecule has 0 aliphatic heterocycles.